The highest BCUT2D eigenvalue weighted by Gasteiger charge is 2.16. The van der Waals surface area contributed by atoms with E-state index in [1.165, 1.54) is 6.92 Å². The van der Waals surface area contributed by atoms with Gasteiger partial charge in [-0.3, -0.25) is 14.3 Å². The fourth-order valence-electron chi connectivity index (χ4n) is 2.61. The Morgan fingerprint density at radius 3 is 1.97 bits per heavy atom. The lowest BCUT2D eigenvalue weighted by atomic mass is 9.87. The minimum absolute atomic E-state index is 0.0128. The number of nitrogens with one attached hydrogen (secondary N) is 3. The molecule has 0 aliphatic rings. The van der Waals surface area contributed by atoms with Crippen LogP contribution in [0.1, 0.15) is 38.8 Å². The molecule has 0 aliphatic heterocycles. The minimum atomic E-state index is -3.83. The highest BCUT2D eigenvalue weighted by molar-refractivity contribution is 7.90. The summed E-state index contributed by atoms with van der Waals surface area (Å²) in [4.78, 5) is 23.1. The summed E-state index contributed by atoms with van der Waals surface area (Å²) in [5.74, 6) is -1.22. The SMILES string of the molecule is CC(=O)Nc1ccc(CC(=O)NS(=O)(=O)CNc2ccc(C(C)(C)C)cc2)cc1. The van der Waals surface area contributed by atoms with Crippen LogP contribution in [0.4, 0.5) is 11.4 Å². The molecule has 0 aromatic heterocycles. The standard InChI is InChI=1S/C21H27N3O4S/c1-15(25)23-19-9-5-16(6-10-19)13-20(26)24-29(27,28)14-22-18-11-7-17(8-12-18)21(2,3)4/h5-12,22H,13-14H2,1-4H3,(H,23,25)(H,24,26). The van der Waals surface area contributed by atoms with Gasteiger partial charge in [0.2, 0.25) is 11.8 Å². The molecule has 156 valence electrons. The summed E-state index contributed by atoms with van der Waals surface area (Å²) in [6, 6.07) is 14.1. The van der Waals surface area contributed by atoms with Crippen molar-refractivity contribution in [2.24, 2.45) is 0 Å². The molecular weight excluding hydrogens is 390 g/mol. The molecule has 2 aromatic rings. The number of amides is 2. The Morgan fingerprint density at radius 2 is 1.45 bits per heavy atom. The van der Waals surface area contributed by atoms with Gasteiger partial charge in [0.1, 0.15) is 5.88 Å². The molecule has 0 saturated carbocycles. The maximum Gasteiger partial charge on any atom is 0.253 e. The van der Waals surface area contributed by atoms with Crippen molar-refractivity contribution >= 4 is 33.2 Å². The molecule has 0 saturated heterocycles. The second kappa shape index (κ2) is 9.09. The number of carbonyl (C=O) groups excluding carboxylic acids is 2. The van der Waals surface area contributed by atoms with Gasteiger partial charge < -0.3 is 10.6 Å². The van der Waals surface area contributed by atoms with E-state index in [0.29, 0.717) is 16.9 Å². The molecule has 0 aliphatic carbocycles. The Kier molecular flexibility index (Phi) is 7.02. The first-order chi connectivity index (χ1) is 13.4. The zero-order valence-electron chi connectivity index (χ0n) is 17.1. The van der Waals surface area contributed by atoms with Crippen LogP contribution in [-0.2, 0) is 31.4 Å². The maximum atomic E-state index is 12.2. The summed E-state index contributed by atoms with van der Waals surface area (Å²) < 4.78 is 26.4. The zero-order chi connectivity index (χ0) is 21.7. The summed E-state index contributed by atoms with van der Waals surface area (Å²) in [6.45, 7) is 7.70. The van der Waals surface area contributed by atoms with Crippen molar-refractivity contribution in [1.82, 2.24) is 4.72 Å². The van der Waals surface area contributed by atoms with Crippen molar-refractivity contribution in [3.8, 4) is 0 Å². The van der Waals surface area contributed by atoms with E-state index < -0.39 is 21.8 Å². The molecule has 0 heterocycles. The van der Waals surface area contributed by atoms with Gasteiger partial charge in [0.25, 0.3) is 10.0 Å². The largest absolute Gasteiger partial charge is 0.370 e. The summed E-state index contributed by atoms with van der Waals surface area (Å²) in [5.41, 5.74) is 3.06. The predicted molar refractivity (Wildman–Crippen MR) is 115 cm³/mol. The van der Waals surface area contributed by atoms with Crippen molar-refractivity contribution < 1.29 is 18.0 Å². The van der Waals surface area contributed by atoms with Crippen LogP contribution in [0.2, 0.25) is 0 Å². The molecule has 0 radical (unpaired) electrons. The Morgan fingerprint density at radius 1 is 0.897 bits per heavy atom. The number of carbonyl (C=O) groups is 2. The third kappa shape index (κ3) is 7.57. The van der Waals surface area contributed by atoms with Gasteiger partial charge in [0.15, 0.2) is 0 Å². The first-order valence-electron chi connectivity index (χ1n) is 9.19. The lowest BCUT2D eigenvalue weighted by Crippen LogP contribution is -2.35. The Bertz CT molecular complexity index is 960. The van der Waals surface area contributed by atoms with Crippen LogP contribution in [0.15, 0.2) is 48.5 Å². The number of sulfonamides is 1. The van der Waals surface area contributed by atoms with Crippen LogP contribution in [0, 0.1) is 0 Å². The van der Waals surface area contributed by atoms with Gasteiger partial charge in [0.05, 0.1) is 6.42 Å². The van der Waals surface area contributed by atoms with Crippen molar-refractivity contribution in [3.63, 3.8) is 0 Å². The second-order valence-electron chi connectivity index (χ2n) is 7.84. The van der Waals surface area contributed by atoms with Gasteiger partial charge in [0, 0.05) is 18.3 Å². The first-order valence-corrected chi connectivity index (χ1v) is 10.8. The van der Waals surface area contributed by atoms with E-state index in [0.717, 1.165) is 5.56 Å². The fourth-order valence-corrected chi connectivity index (χ4v) is 3.45. The van der Waals surface area contributed by atoms with E-state index in [1.807, 2.05) is 24.3 Å². The Hall–Kier alpha value is -2.87. The number of hydrogen-bond acceptors (Lipinski definition) is 5. The monoisotopic (exact) mass is 417 g/mol. The van der Waals surface area contributed by atoms with E-state index in [9.17, 15) is 18.0 Å². The molecule has 2 amide bonds. The van der Waals surface area contributed by atoms with Crippen molar-refractivity contribution in [2.45, 2.75) is 39.5 Å². The number of anilines is 2. The summed E-state index contributed by atoms with van der Waals surface area (Å²) in [6.07, 6.45) is -0.0835. The third-order valence-corrected chi connectivity index (χ3v) is 5.19. The molecule has 7 nitrogen and oxygen atoms in total. The Balaban J connectivity index is 1.88. The highest BCUT2D eigenvalue weighted by atomic mass is 32.2. The second-order valence-corrected chi connectivity index (χ2v) is 9.57. The molecular formula is C21H27N3O4S. The van der Waals surface area contributed by atoms with Gasteiger partial charge in [-0.15, -0.1) is 0 Å². The third-order valence-electron chi connectivity index (χ3n) is 4.13. The van der Waals surface area contributed by atoms with Crippen LogP contribution >= 0.6 is 0 Å². The molecule has 2 aromatic carbocycles. The maximum absolute atomic E-state index is 12.2. The van der Waals surface area contributed by atoms with E-state index in [1.54, 1.807) is 24.3 Å². The molecule has 0 atom stereocenters. The van der Waals surface area contributed by atoms with Gasteiger partial charge >= 0.3 is 0 Å². The molecule has 29 heavy (non-hydrogen) atoms. The topological polar surface area (TPSA) is 104 Å². The van der Waals surface area contributed by atoms with Gasteiger partial charge in [-0.1, -0.05) is 45.0 Å². The molecule has 0 bridgehead atoms. The van der Waals surface area contributed by atoms with E-state index in [-0.39, 0.29) is 17.7 Å². The van der Waals surface area contributed by atoms with Crippen LogP contribution in [-0.4, -0.2) is 26.1 Å². The van der Waals surface area contributed by atoms with E-state index in [2.05, 4.69) is 36.1 Å². The van der Waals surface area contributed by atoms with Gasteiger partial charge in [-0.25, -0.2) is 8.42 Å². The molecule has 0 spiro atoms. The molecule has 0 fully saturated rings. The quantitative estimate of drug-likeness (QED) is 0.642. The van der Waals surface area contributed by atoms with Crippen LogP contribution in [0.25, 0.3) is 0 Å². The summed E-state index contributed by atoms with van der Waals surface area (Å²) >= 11 is 0. The van der Waals surface area contributed by atoms with E-state index >= 15 is 0 Å². The smallest absolute Gasteiger partial charge is 0.253 e. The molecule has 8 heteroatoms. The van der Waals surface area contributed by atoms with E-state index in [4.69, 9.17) is 0 Å². The predicted octanol–water partition coefficient (Wildman–Crippen LogP) is 3.00. The zero-order valence-corrected chi connectivity index (χ0v) is 17.9. The Labute approximate surface area is 172 Å². The lowest BCUT2D eigenvalue weighted by molar-refractivity contribution is -0.118. The van der Waals surface area contributed by atoms with Crippen LogP contribution in [0.3, 0.4) is 0 Å². The van der Waals surface area contributed by atoms with Crippen LogP contribution in [0.5, 0.6) is 0 Å². The fraction of sp³-hybridized carbons (Fsp3) is 0.333. The molecule has 0 unspecified atom stereocenters. The van der Waals surface area contributed by atoms with Gasteiger partial charge in [-0.2, -0.15) is 0 Å². The van der Waals surface area contributed by atoms with Crippen molar-refractivity contribution in [1.29, 1.82) is 0 Å². The number of hydrogen-bond donors (Lipinski definition) is 3. The van der Waals surface area contributed by atoms with Crippen molar-refractivity contribution in [2.75, 3.05) is 16.5 Å². The normalized spacial score (nSPS) is 11.6. The molecule has 2 rings (SSSR count). The minimum Gasteiger partial charge on any atom is -0.370 e. The lowest BCUT2D eigenvalue weighted by Gasteiger charge is -2.19. The van der Waals surface area contributed by atoms with Crippen molar-refractivity contribution in [3.05, 3.63) is 59.7 Å². The number of benzene rings is 2. The average Bonchev–Trinajstić information content (AvgIpc) is 2.60. The highest BCUT2D eigenvalue weighted by Crippen LogP contribution is 2.23. The van der Waals surface area contributed by atoms with Gasteiger partial charge in [-0.05, 0) is 40.8 Å². The average molecular weight is 418 g/mol. The first kappa shape index (κ1) is 22.4. The van der Waals surface area contributed by atoms with Crippen LogP contribution < -0.4 is 15.4 Å². The summed E-state index contributed by atoms with van der Waals surface area (Å²) in [5, 5.41) is 5.44. The molecule has 3 N–H and O–H groups in total. The number of rotatable bonds is 7. The summed E-state index contributed by atoms with van der Waals surface area (Å²) in [7, 11) is -3.83.